The maximum atomic E-state index is 12.8. The predicted octanol–water partition coefficient (Wildman–Crippen LogP) is 3.66. The first kappa shape index (κ1) is 18.8. The van der Waals surface area contributed by atoms with E-state index in [9.17, 15) is 9.59 Å². The van der Waals surface area contributed by atoms with Crippen molar-refractivity contribution >= 4 is 23.6 Å². The second-order valence-electron chi connectivity index (χ2n) is 5.75. The Balaban J connectivity index is 1.57. The zero-order valence-electron chi connectivity index (χ0n) is 14.6. The summed E-state index contributed by atoms with van der Waals surface area (Å²) in [5, 5.41) is 5.25. The number of nitrogens with one attached hydrogen (secondary N) is 2. The number of benzene rings is 2. The van der Waals surface area contributed by atoms with Gasteiger partial charge in [-0.2, -0.15) is 0 Å². The molecule has 1 atom stereocenters. The lowest BCUT2D eigenvalue weighted by atomic mass is 10.1. The van der Waals surface area contributed by atoms with Gasteiger partial charge in [-0.15, -0.1) is 11.8 Å². The fourth-order valence-electron chi connectivity index (χ4n) is 2.49. The fourth-order valence-corrected chi connectivity index (χ4v) is 3.56. The second-order valence-corrected chi connectivity index (χ2v) is 6.92. The topological polar surface area (TPSA) is 71.3 Å². The van der Waals surface area contributed by atoms with Crippen molar-refractivity contribution < 1.29 is 14.0 Å². The largest absolute Gasteiger partial charge is 0.459 e. The zero-order chi connectivity index (χ0) is 18.9. The van der Waals surface area contributed by atoms with Crippen LogP contribution in [0.3, 0.4) is 0 Å². The van der Waals surface area contributed by atoms with Gasteiger partial charge in [-0.3, -0.25) is 9.59 Å². The van der Waals surface area contributed by atoms with Gasteiger partial charge in [0.2, 0.25) is 5.91 Å². The van der Waals surface area contributed by atoms with E-state index in [1.54, 1.807) is 12.1 Å². The van der Waals surface area contributed by atoms with Crippen molar-refractivity contribution in [2.45, 2.75) is 10.1 Å². The highest BCUT2D eigenvalue weighted by atomic mass is 32.2. The molecular formula is C21H20N2O3S. The summed E-state index contributed by atoms with van der Waals surface area (Å²) in [6.45, 7) is 0.659. The quantitative estimate of drug-likeness (QED) is 0.462. The molecule has 27 heavy (non-hydrogen) atoms. The minimum absolute atomic E-state index is 0.0951. The monoisotopic (exact) mass is 380 g/mol. The molecule has 0 bridgehead atoms. The van der Waals surface area contributed by atoms with Gasteiger partial charge in [-0.1, -0.05) is 48.5 Å². The molecule has 0 saturated heterocycles. The van der Waals surface area contributed by atoms with Crippen LogP contribution in [0.5, 0.6) is 0 Å². The molecule has 2 amide bonds. The summed E-state index contributed by atoms with van der Waals surface area (Å²) < 4.78 is 5.03. The van der Waals surface area contributed by atoms with Crippen molar-refractivity contribution in [2.24, 2.45) is 0 Å². The average Bonchev–Trinajstić information content (AvgIpc) is 3.25. The van der Waals surface area contributed by atoms with Gasteiger partial charge in [-0.25, -0.2) is 0 Å². The van der Waals surface area contributed by atoms with Crippen molar-refractivity contribution in [1.82, 2.24) is 10.6 Å². The Morgan fingerprint density at radius 3 is 2.19 bits per heavy atom. The minimum atomic E-state index is -0.366. The summed E-state index contributed by atoms with van der Waals surface area (Å²) in [4.78, 5) is 25.6. The van der Waals surface area contributed by atoms with Gasteiger partial charge in [0.15, 0.2) is 5.76 Å². The molecule has 2 aromatic carbocycles. The highest BCUT2D eigenvalue weighted by Crippen LogP contribution is 2.35. The molecule has 0 aliphatic carbocycles. The van der Waals surface area contributed by atoms with E-state index in [2.05, 4.69) is 10.6 Å². The normalized spacial score (nSPS) is 11.6. The number of carbonyl (C=O) groups is 2. The molecule has 1 aromatic heterocycles. The van der Waals surface area contributed by atoms with Gasteiger partial charge < -0.3 is 15.1 Å². The van der Waals surface area contributed by atoms with Gasteiger partial charge in [0.1, 0.15) is 5.25 Å². The number of hydrogen-bond acceptors (Lipinski definition) is 4. The van der Waals surface area contributed by atoms with Crippen LogP contribution in [-0.2, 0) is 4.79 Å². The Bertz CT molecular complexity index is 852. The number of carbonyl (C=O) groups excluding carboxylic acids is 2. The fraction of sp³-hybridized carbons (Fsp3) is 0.143. The molecule has 0 radical (unpaired) electrons. The Kier molecular flexibility index (Phi) is 6.71. The Labute approximate surface area is 162 Å². The molecular weight excluding hydrogens is 360 g/mol. The van der Waals surface area contributed by atoms with Crippen LogP contribution in [0.2, 0.25) is 0 Å². The molecule has 5 nitrogen and oxygen atoms in total. The molecule has 0 spiro atoms. The third kappa shape index (κ3) is 5.49. The van der Waals surface area contributed by atoms with Gasteiger partial charge in [-0.05, 0) is 29.8 Å². The van der Waals surface area contributed by atoms with E-state index < -0.39 is 0 Å². The average molecular weight is 380 g/mol. The summed E-state index contributed by atoms with van der Waals surface area (Å²) in [5.74, 6) is -0.141. The molecule has 1 heterocycles. The van der Waals surface area contributed by atoms with Crippen LogP contribution in [0.1, 0.15) is 21.4 Å². The first-order valence-electron chi connectivity index (χ1n) is 8.60. The summed E-state index contributed by atoms with van der Waals surface area (Å²) >= 11 is 1.50. The SMILES string of the molecule is O=C(NCCNC(=O)C(Sc1ccccc1)c1ccccc1)c1ccco1. The van der Waals surface area contributed by atoms with Crippen LogP contribution >= 0.6 is 11.8 Å². The van der Waals surface area contributed by atoms with Crippen LogP contribution in [0, 0.1) is 0 Å². The number of rotatable bonds is 8. The molecule has 1 unspecified atom stereocenters. The Hall–Kier alpha value is -2.99. The summed E-state index contributed by atoms with van der Waals surface area (Å²) in [6.07, 6.45) is 1.45. The second kappa shape index (κ2) is 9.64. The van der Waals surface area contributed by atoms with E-state index in [1.165, 1.54) is 18.0 Å². The van der Waals surface area contributed by atoms with E-state index in [0.29, 0.717) is 13.1 Å². The summed E-state index contributed by atoms with van der Waals surface area (Å²) in [6, 6.07) is 22.7. The zero-order valence-corrected chi connectivity index (χ0v) is 15.4. The van der Waals surface area contributed by atoms with E-state index >= 15 is 0 Å². The highest BCUT2D eigenvalue weighted by Gasteiger charge is 2.21. The molecule has 0 aliphatic heterocycles. The maximum absolute atomic E-state index is 12.8. The van der Waals surface area contributed by atoms with Gasteiger partial charge in [0.25, 0.3) is 5.91 Å². The molecule has 0 fully saturated rings. The van der Waals surface area contributed by atoms with Gasteiger partial charge in [0.05, 0.1) is 6.26 Å². The first-order chi connectivity index (χ1) is 13.2. The maximum Gasteiger partial charge on any atom is 0.287 e. The molecule has 3 aromatic rings. The number of hydrogen-bond donors (Lipinski definition) is 2. The van der Waals surface area contributed by atoms with E-state index in [4.69, 9.17) is 4.42 Å². The van der Waals surface area contributed by atoms with Crippen molar-refractivity contribution in [3.63, 3.8) is 0 Å². The molecule has 138 valence electrons. The van der Waals surface area contributed by atoms with Crippen LogP contribution in [0.15, 0.2) is 88.4 Å². The smallest absolute Gasteiger partial charge is 0.287 e. The lowest BCUT2D eigenvalue weighted by Crippen LogP contribution is -2.36. The van der Waals surface area contributed by atoms with Crippen LogP contribution in [0.25, 0.3) is 0 Å². The molecule has 2 N–H and O–H groups in total. The third-order valence-electron chi connectivity index (χ3n) is 3.79. The predicted molar refractivity (Wildman–Crippen MR) is 106 cm³/mol. The molecule has 0 aliphatic rings. The van der Waals surface area contributed by atoms with Crippen LogP contribution in [-0.4, -0.2) is 24.9 Å². The highest BCUT2D eigenvalue weighted by molar-refractivity contribution is 8.00. The van der Waals surface area contributed by atoms with Crippen LogP contribution < -0.4 is 10.6 Å². The Morgan fingerprint density at radius 2 is 1.52 bits per heavy atom. The lowest BCUT2D eigenvalue weighted by Gasteiger charge is -2.17. The van der Waals surface area contributed by atoms with Crippen molar-refractivity contribution in [2.75, 3.05) is 13.1 Å². The summed E-state index contributed by atoms with van der Waals surface area (Å²) in [7, 11) is 0. The number of thioether (sulfide) groups is 1. The Morgan fingerprint density at radius 1 is 0.852 bits per heavy atom. The standard InChI is InChI=1S/C21H20N2O3S/c24-20(18-12-7-15-26-18)22-13-14-23-21(25)19(16-8-3-1-4-9-16)27-17-10-5-2-6-11-17/h1-12,15,19H,13-14H2,(H,22,24)(H,23,25). The molecule has 6 heteroatoms. The third-order valence-corrected chi connectivity index (χ3v) is 5.06. The van der Waals surface area contributed by atoms with E-state index in [1.807, 2.05) is 60.7 Å². The van der Waals surface area contributed by atoms with Crippen molar-refractivity contribution in [1.29, 1.82) is 0 Å². The minimum Gasteiger partial charge on any atom is -0.459 e. The lowest BCUT2D eigenvalue weighted by molar-refractivity contribution is -0.120. The van der Waals surface area contributed by atoms with Gasteiger partial charge in [0, 0.05) is 18.0 Å². The number of furan rings is 1. The molecule has 3 rings (SSSR count). The number of amides is 2. The van der Waals surface area contributed by atoms with Crippen molar-refractivity contribution in [3.05, 3.63) is 90.4 Å². The molecule has 0 saturated carbocycles. The van der Waals surface area contributed by atoms with Gasteiger partial charge >= 0.3 is 0 Å². The van der Waals surface area contributed by atoms with Crippen molar-refractivity contribution in [3.8, 4) is 0 Å². The van der Waals surface area contributed by atoms with E-state index in [-0.39, 0.29) is 22.8 Å². The first-order valence-corrected chi connectivity index (χ1v) is 9.48. The summed E-state index contributed by atoms with van der Waals surface area (Å²) in [5.41, 5.74) is 0.934. The van der Waals surface area contributed by atoms with E-state index in [0.717, 1.165) is 10.5 Å². The van der Waals surface area contributed by atoms with Crippen LogP contribution in [0.4, 0.5) is 0 Å².